The van der Waals surface area contributed by atoms with E-state index in [1.807, 2.05) is 30.3 Å². The first kappa shape index (κ1) is 18.1. The zero-order chi connectivity index (χ0) is 19.5. The molecule has 3 heteroatoms. The molecule has 3 aliphatic carbocycles. The van der Waals surface area contributed by atoms with Gasteiger partial charge in [0.2, 0.25) is 5.91 Å². The Labute approximate surface area is 168 Å². The first-order valence-electron chi connectivity index (χ1n) is 11.0. The molecule has 0 bridgehead atoms. The molecule has 0 spiro atoms. The average Bonchev–Trinajstić information content (AvgIpc) is 3.06. The number of Topliss-reactive ketones (excluding diaryl/α,β-unsaturated/α-hetero) is 1. The molecule has 1 aromatic rings. The fraction of sp³-hybridized carbons (Fsp3) is 0.600. The highest BCUT2D eigenvalue weighted by Crippen LogP contribution is 2.65. The molecule has 0 aromatic heterocycles. The lowest BCUT2D eigenvalue weighted by atomic mass is 9.47. The molecule has 7 atom stereocenters. The second kappa shape index (κ2) is 6.30. The monoisotopic (exact) mass is 377 g/mol. The summed E-state index contributed by atoms with van der Waals surface area (Å²) in [5.41, 5.74) is 1.07. The second-order valence-electron chi connectivity index (χ2n) is 10.1. The first-order chi connectivity index (χ1) is 13.4. The molecule has 28 heavy (non-hydrogen) atoms. The van der Waals surface area contributed by atoms with E-state index in [0.29, 0.717) is 23.5 Å². The van der Waals surface area contributed by atoms with Gasteiger partial charge >= 0.3 is 0 Å². The Bertz CT molecular complexity index is 830. The van der Waals surface area contributed by atoms with Gasteiger partial charge < -0.3 is 5.32 Å². The van der Waals surface area contributed by atoms with Gasteiger partial charge in [0.1, 0.15) is 0 Å². The molecule has 148 valence electrons. The van der Waals surface area contributed by atoms with E-state index in [9.17, 15) is 9.59 Å². The Kier molecular flexibility index (Phi) is 4.08. The zero-order valence-electron chi connectivity index (χ0n) is 17.0. The SMILES string of the molecule is C[C@]12CCC3C(CC[C@H]4NC(=O)C=C[C@]34C)C1CC[C@@H]2C(=O)c1ccccc1. The van der Waals surface area contributed by atoms with Crippen molar-refractivity contribution in [2.24, 2.45) is 34.5 Å². The van der Waals surface area contributed by atoms with Crippen molar-refractivity contribution in [1.29, 1.82) is 0 Å². The third-order valence-corrected chi connectivity index (χ3v) is 9.06. The minimum atomic E-state index is 0.0657. The highest BCUT2D eigenvalue weighted by molar-refractivity contribution is 5.98. The standard InChI is InChI=1S/C25H31NO2/c1-24-14-12-19-17(8-11-21-25(19,2)15-13-22(27)26-21)18(24)9-10-20(24)23(28)16-6-4-3-5-7-16/h3-7,13,15,17-21H,8-12,14H2,1-2H3,(H,26,27)/t17?,18?,19?,20-,21-,24+,25-/m1/s1. The number of fused-ring (bicyclic) bond motifs is 5. The van der Waals surface area contributed by atoms with Gasteiger partial charge in [-0.1, -0.05) is 50.3 Å². The molecule has 1 heterocycles. The van der Waals surface area contributed by atoms with E-state index in [-0.39, 0.29) is 28.7 Å². The summed E-state index contributed by atoms with van der Waals surface area (Å²) in [4.78, 5) is 25.2. The van der Waals surface area contributed by atoms with Crippen molar-refractivity contribution in [3.05, 3.63) is 48.0 Å². The van der Waals surface area contributed by atoms with Crippen LogP contribution >= 0.6 is 0 Å². The number of benzene rings is 1. The normalized spacial score (nSPS) is 44.2. The van der Waals surface area contributed by atoms with Crippen LogP contribution in [0.4, 0.5) is 0 Å². The summed E-state index contributed by atoms with van der Waals surface area (Å²) in [6, 6.07) is 10.2. The van der Waals surface area contributed by atoms with Crippen molar-refractivity contribution < 1.29 is 9.59 Å². The molecule has 1 aromatic carbocycles. The van der Waals surface area contributed by atoms with Crippen LogP contribution in [0.5, 0.6) is 0 Å². The molecule has 1 aliphatic heterocycles. The number of amides is 1. The fourth-order valence-electron chi connectivity index (χ4n) is 7.57. The topological polar surface area (TPSA) is 46.2 Å². The summed E-state index contributed by atoms with van der Waals surface area (Å²) in [7, 11) is 0. The number of ketones is 1. The summed E-state index contributed by atoms with van der Waals surface area (Å²) in [6.45, 7) is 4.76. The Morgan fingerprint density at radius 3 is 2.57 bits per heavy atom. The number of hydrogen-bond acceptors (Lipinski definition) is 2. The minimum absolute atomic E-state index is 0.0657. The Hall–Kier alpha value is -1.90. The quantitative estimate of drug-likeness (QED) is 0.754. The van der Waals surface area contributed by atoms with Crippen LogP contribution in [0.15, 0.2) is 42.5 Å². The highest BCUT2D eigenvalue weighted by atomic mass is 16.1. The summed E-state index contributed by atoms with van der Waals surface area (Å²) < 4.78 is 0. The largest absolute Gasteiger partial charge is 0.349 e. The number of carbonyl (C=O) groups is 2. The number of rotatable bonds is 2. The van der Waals surface area contributed by atoms with Crippen molar-refractivity contribution in [1.82, 2.24) is 5.32 Å². The van der Waals surface area contributed by atoms with Gasteiger partial charge in [-0.05, 0) is 67.8 Å². The van der Waals surface area contributed by atoms with Crippen LogP contribution in [0.25, 0.3) is 0 Å². The van der Waals surface area contributed by atoms with E-state index in [2.05, 4.69) is 25.2 Å². The molecule has 1 N–H and O–H groups in total. The van der Waals surface area contributed by atoms with E-state index in [0.717, 1.165) is 24.8 Å². The van der Waals surface area contributed by atoms with Crippen molar-refractivity contribution in [2.45, 2.75) is 58.4 Å². The van der Waals surface area contributed by atoms with Crippen LogP contribution in [0, 0.1) is 34.5 Å². The molecule has 0 radical (unpaired) electrons. The Morgan fingerprint density at radius 2 is 1.79 bits per heavy atom. The van der Waals surface area contributed by atoms with Gasteiger partial charge in [0, 0.05) is 22.9 Å². The predicted octanol–water partition coefficient (Wildman–Crippen LogP) is 4.78. The van der Waals surface area contributed by atoms with E-state index in [1.165, 1.54) is 19.3 Å². The molecular formula is C25H31NO2. The maximum Gasteiger partial charge on any atom is 0.243 e. The van der Waals surface area contributed by atoms with Crippen LogP contribution in [0.3, 0.4) is 0 Å². The minimum Gasteiger partial charge on any atom is -0.349 e. The average molecular weight is 378 g/mol. The molecule has 0 saturated heterocycles. The van der Waals surface area contributed by atoms with Crippen LogP contribution in [0.2, 0.25) is 0 Å². The Morgan fingerprint density at radius 1 is 1.00 bits per heavy atom. The first-order valence-corrected chi connectivity index (χ1v) is 11.0. The molecule has 3 fully saturated rings. The number of hydrogen-bond donors (Lipinski definition) is 1. The maximum absolute atomic E-state index is 13.3. The lowest BCUT2D eigenvalue weighted by molar-refractivity contribution is -0.122. The molecule has 3 saturated carbocycles. The van der Waals surface area contributed by atoms with Crippen molar-refractivity contribution in [3.8, 4) is 0 Å². The molecule has 1 amide bonds. The summed E-state index contributed by atoms with van der Waals surface area (Å²) in [5, 5.41) is 3.23. The predicted molar refractivity (Wildman–Crippen MR) is 110 cm³/mol. The summed E-state index contributed by atoms with van der Waals surface area (Å²) in [6.07, 6.45) is 10.7. The molecule has 3 nitrogen and oxygen atoms in total. The molecule has 3 unspecified atom stereocenters. The van der Waals surface area contributed by atoms with Gasteiger partial charge in [-0.2, -0.15) is 0 Å². The third-order valence-electron chi connectivity index (χ3n) is 9.06. The number of nitrogens with one attached hydrogen (secondary N) is 1. The number of carbonyl (C=O) groups excluding carboxylic acids is 2. The molecule has 5 rings (SSSR count). The van der Waals surface area contributed by atoms with Gasteiger partial charge in [0.05, 0.1) is 0 Å². The van der Waals surface area contributed by atoms with E-state index < -0.39 is 0 Å². The van der Waals surface area contributed by atoms with Crippen molar-refractivity contribution in [3.63, 3.8) is 0 Å². The maximum atomic E-state index is 13.3. The van der Waals surface area contributed by atoms with E-state index >= 15 is 0 Å². The van der Waals surface area contributed by atoms with Crippen LogP contribution in [-0.2, 0) is 4.79 Å². The van der Waals surface area contributed by atoms with Crippen LogP contribution in [0.1, 0.15) is 62.7 Å². The molecular weight excluding hydrogens is 346 g/mol. The highest BCUT2D eigenvalue weighted by Gasteiger charge is 2.60. The summed E-state index contributed by atoms with van der Waals surface area (Å²) in [5.74, 6) is 2.51. The van der Waals surface area contributed by atoms with Crippen LogP contribution < -0.4 is 5.32 Å². The second-order valence-corrected chi connectivity index (χ2v) is 10.1. The third kappa shape index (κ3) is 2.47. The van der Waals surface area contributed by atoms with E-state index in [4.69, 9.17) is 0 Å². The van der Waals surface area contributed by atoms with Crippen molar-refractivity contribution >= 4 is 11.7 Å². The molecule has 4 aliphatic rings. The summed E-state index contributed by atoms with van der Waals surface area (Å²) >= 11 is 0. The van der Waals surface area contributed by atoms with Gasteiger partial charge in [-0.3, -0.25) is 9.59 Å². The fourth-order valence-corrected chi connectivity index (χ4v) is 7.57. The lowest BCUT2D eigenvalue weighted by Crippen LogP contribution is -2.59. The van der Waals surface area contributed by atoms with Crippen molar-refractivity contribution in [2.75, 3.05) is 0 Å². The van der Waals surface area contributed by atoms with Gasteiger partial charge in [-0.15, -0.1) is 0 Å². The lowest BCUT2D eigenvalue weighted by Gasteiger charge is -2.58. The van der Waals surface area contributed by atoms with Gasteiger partial charge in [0.15, 0.2) is 5.78 Å². The smallest absolute Gasteiger partial charge is 0.243 e. The van der Waals surface area contributed by atoms with Gasteiger partial charge in [-0.25, -0.2) is 0 Å². The van der Waals surface area contributed by atoms with E-state index in [1.54, 1.807) is 6.08 Å². The Balaban J connectivity index is 1.44. The zero-order valence-corrected chi connectivity index (χ0v) is 17.0. The van der Waals surface area contributed by atoms with Gasteiger partial charge in [0.25, 0.3) is 0 Å². The van der Waals surface area contributed by atoms with Crippen LogP contribution in [-0.4, -0.2) is 17.7 Å².